The minimum atomic E-state index is -0.712. The first-order valence-corrected chi connectivity index (χ1v) is 9.03. The Morgan fingerprint density at radius 2 is 1.72 bits per heavy atom. The molecule has 0 atom stereocenters. The van der Waals surface area contributed by atoms with Gasteiger partial charge in [-0.1, -0.05) is 48.0 Å². The number of hydrogen-bond acceptors (Lipinski definition) is 5. The minimum absolute atomic E-state index is 0.213. The number of nitrogens with zero attached hydrogens (tertiary/aromatic N) is 2. The molecule has 1 aromatic heterocycles. The quantitative estimate of drug-likeness (QED) is 0.535. The third-order valence-electron chi connectivity index (χ3n) is 4.51. The Morgan fingerprint density at radius 1 is 0.966 bits per heavy atom. The lowest BCUT2D eigenvalue weighted by Crippen LogP contribution is -2.33. The van der Waals surface area contributed by atoms with Crippen LogP contribution in [0.4, 0.5) is 0 Å². The van der Waals surface area contributed by atoms with Crippen molar-refractivity contribution in [2.24, 2.45) is 0 Å². The van der Waals surface area contributed by atoms with Crippen molar-refractivity contribution < 1.29 is 14.4 Å². The highest BCUT2D eigenvalue weighted by Gasteiger charge is 2.20. The van der Waals surface area contributed by atoms with Crippen LogP contribution in [0.1, 0.15) is 15.9 Å². The van der Waals surface area contributed by atoms with Crippen molar-refractivity contribution in [3.63, 3.8) is 0 Å². The number of hydrogen-bond donors (Lipinski definition) is 0. The molecule has 0 aliphatic carbocycles. The van der Waals surface area contributed by atoms with Crippen molar-refractivity contribution >= 4 is 16.9 Å². The third-order valence-corrected chi connectivity index (χ3v) is 4.51. The highest BCUT2D eigenvalue weighted by molar-refractivity contribution is 5.93. The van der Waals surface area contributed by atoms with Crippen LogP contribution < -0.4 is 15.1 Å². The average molecular weight is 386 g/mol. The van der Waals surface area contributed by atoms with E-state index in [1.54, 1.807) is 48.5 Å². The zero-order valence-corrected chi connectivity index (χ0v) is 16.0. The summed E-state index contributed by atoms with van der Waals surface area (Å²) < 4.78 is 6.18. The van der Waals surface area contributed by atoms with Crippen molar-refractivity contribution in [1.82, 2.24) is 9.71 Å². The smallest absolute Gasteiger partial charge is 0.367 e. The molecule has 0 fully saturated rings. The number of ether oxygens (including phenoxy) is 1. The van der Waals surface area contributed by atoms with Gasteiger partial charge in [-0.15, -0.1) is 4.73 Å². The number of fused-ring (bicyclic) bond motifs is 1. The molecule has 0 aliphatic heterocycles. The first-order chi connectivity index (χ1) is 14.1. The van der Waals surface area contributed by atoms with Gasteiger partial charge in [0, 0.05) is 5.56 Å². The van der Waals surface area contributed by atoms with Crippen molar-refractivity contribution in [1.29, 1.82) is 0 Å². The predicted octanol–water partition coefficient (Wildman–Crippen LogP) is 3.65. The molecular formula is C23H18N2O4. The van der Waals surface area contributed by atoms with E-state index in [9.17, 15) is 9.59 Å². The van der Waals surface area contributed by atoms with Crippen LogP contribution in [0.15, 0.2) is 77.6 Å². The van der Waals surface area contributed by atoms with E-state index >= 15 is 0 Å². The molecule has 0 bridgehead atoms. The van der Waals surface area contributed by atoms with E-state index in [0.717, 1.165) is 10.3 Å². The number of methoxy groups -OCH3 is 1. The SMILES string of the molecule is COc1ccccc1C(=O)On1c(-c2cccc(C)c2)nc2ccccc2c1=O. The fraction of sp³-hybridized carbons (Fsp3) is 0.0870. The summed E-state index contributed by atoms with van der Waals surface area (Å²) in [4.78, 5) is 36.1. The molecule has 6 nitrogen and oxygen atoms in total. The number of carbonyl (C=O) groups is 1. The number of benzene rings is 3. The van der Waals surface area contributed by atoms with Crippen molar-refractivity contribution in [3.05, 3.63) is 94.3 Å². The summed E-state index contributed by atoms with van der Waals surface area (Å²) in [6.07, 6.45) is 0. The molecule has 4 rings (SSSR count). The van der Waals surface area contributed by atoms with Crippen LogP contribution in [0.3, 0.4) is 0 Å². The van der Waals surface area contributed by atoms with E-state index in [-0.39, 0.29) is 11.4 Å². The van der Waals surface area contributed by atoms with Crippen LogP contribution in [0.5, 0.6) is 5.75 Å². The number of carbonyl (C=O) groups excluding carboxylic acids is 1. The van der Waals surface area contributed by atoms with Gasteiger partial charge in [-0.05, 0) is 37.3 Å². The van der Waals surface area contributed by atoms with Gasteiger partial charge in [-0.3, -0.25) is 4.79 Å². The average Bonchev–Trinajstić information content (AvgIpc) is 2.75. The number of para-hydroxylation sites is 2. The van der Waals surface area contributed by atoms with E-state index in [1.165, 1.54) is 7.11 Å². The number of aryl methyl sites for hydroxylation is 1. The van der Waals surface area contributed by atoms with Gasteiger partial charge in [0.05, 0.1) is 18.0 Å². The molecule has 0 saturated carbocycles. The van der Waals surface area contributed by atoms with Crippen LogP contribution in [0, 0.1) is 6.92 Å². The van der Waals surface area contributed by atoms with E-state index in [0.29, 0.717) is 22.2 Å². The maximum absolute atomic E-state index is 13.1. The van der Waals surface area contributed by atoms with Crippen LogP contribution >= 0.6 is 0 Å². The highest BCUT2D eigenvalue weighted by Crippen LogP contribution is 2.21. The summed E-state index contributed by atoms with van der Waals surface area (Å²) in [6, 6.07) is 21.1. The highest BCUT2D eigenvalue weighted by atomic mass is 16.7. The zero-order valence-electron chi connectivity index (χ0n) is 16.0. The summed E-state index contributed by atoms with van der Waals surface area (Å²) >= 11 is 0. The zero-order chi connectivity index (χ0) is 20.4. The lowest BCUT2D eigenvalue weighted by atomic mass is 10.1. The van der Waals surface area contributed by atoms with Gasteiger partial charge >= 0.3 is 5.97 Å². The Bertz CT molecular complexity index is 1280. The number of rotatable bonds is 4. The summed E-state index contributed by atoms with van der Waals surface area (Å²) in [5.41, 5.74) is 1.94. The largest absolute Gasteiger partial charge is 0.496 e. The Labute approximate surface area is 166 Å². The second kappa shape index (κ2) is 7.59. The van der Waals surface area contributed by atoms with Crippen molar-refractivity contribution in [2.45, 2.75) is 6.92 Å². The molecule has 0 spiro atoms. The van der Waals surface area contributed by atoms with Crippen LogP contribution in [0.2, 0.25) is 0 Å². The minimum Gasteiger partial charge on any atom is -0.496 e. The van der Waals surface area contributed by atoms with E-state index in [2.05, 4.69) is 4.98 Å². The summed E-state index contributed by atoms with van der Waals surface area (Å²) in [5.74, 6) is -0.104. The number of aromatic nitrogens is 2. The van der Waals surface area contributed by atoms with Crippen molar-refractivity contribution in [2.75, 3.05) is 7.11 Å². The van der Waals surface area contributed by atoms with Crippen molar-refractivity contribution in [3.8, 4) is 17.1 Å². The normalized spacial score (nSPS) is 10.7. The lowest BCUT2D eigenvalue weighted by Gasteiger charge is -2.14. The molecule has 29 heavy (non-hydrogen) atoms. The fourth-order valence-electron chi connectivity index (χ4n) is 3.11. The fourth-order valence-corrected chi connectivity index (χ4v) is 3.11. The van der Waals surface area contributed by atoms with Crippen LogP contribution in [-0.2, 0) is 0 Å². The molecular weight excluding hydrogens is 368 g/mol. The Morgan fingerprint density at radius 3 is 2.52 bits per heavy atom. The second-order valence-corrected chi connectivity index (χ2v) is 6.50. The first kappa shape index (κ1) is 18.4. The van der Waals surface area contributed by atoms with Gasteiger partial charge in [0.15, 0.2) is 5.82 Å². The molecule has 0 aliphatic rings. The first-order valence-electron chi connectivity index (χ1n) is 9.03. The monoisotopic (exact) mass is 386 g/mol. The van der Waals surface area contributed by atoms with E-state index in [4.69, 9.17) is 9.57 Å². The maximum atomic E-state index is 13.1. The van der Waals surface area contributed by atoms with E-state index < -0.39 is 11.5 Å². The topological polar surface area (TPSA) is 70.4 Å². The molecule has 3 aromatic carbocycles. The summed E-state index contributed by atoms with van der Waals surface area (Å²) in [5, 5.41) is 0.358. The maximum Gasteiger partial charge on any atom is 0.367 e. The molecule has 0 amide bonds. The van der Waals surface area contributed by atoms with E-state index in [1.807, 2.05) is 31.2 Å². The van der Waals surface area contributed by atoms with Crippen LogP contribution in [-0.4, -0.2) is 22.8 Å². The molecule has 6 heteroatoms. The molecule has 0 unspecified atom stereocenters. The second-order valence-electron chi connectivity index (χ2n) is 6.50. The third kappa shape index (κ3) is 3.48. The van der Waals surface area contributed by atoms with Gasteiger partial charge in [0.2, 0.25) is 0 Å². The molecule has 1 heterocycles. The van der Waals surface area contributed by atoms with Gasteiger partial charge in [-0.25, -0.2) is 9.78 Å². The molecule has 0 N–H and O–H groups in total. The lowest BCUT2D eigenvalue weighted by molar-refractivity contribution is 0.0446. The molecule has 4 aromatic rings. The van der Waals surface area contributed by atoms with Gasteiger partial charge in [-0.2, -0.15) is 0 Å². The Kier molecular flexibility index (Phi) is 4.83. The molecule has 0 radical (unpaired) electrons. The molecule has 144 valence electrons. The standard InChI is InChI=1S/C23H18N2O4/c1-15-8-7-9-16(14-15)21-24-19-12-5-3-10-17(19)22(26)25(21)29-23(27)18-11-4-6-13-20(18)28-2/h3-14H,1-2H3. The van der Waals surface area contributed by atoms with Crippen LogP contribution in [0.25, 0.3) is 22.3 Å². The summed E-state index contributed by atoms with van der Waals surface area (Å²) in [7, 11) is 1.47. The van der Waals surface area contributed by atoms with Gasteiger partial charge in [0.25, 0.3) is 5.56 Å². The predicted molar refractivity (Wildman–Crippen MR) is 110 cm³/mol. The Hall–Kier alpha value is -3.93. The Balaban J connectivity index is 1.90. The molecule has 0 saturated heterocycles. The van der Waals surface area contributed by atoms with Gasteiger partial charge in [0.1, 0.15) is 11.3 Å². The summed E-state index contributed by atoms with van der Waals surface area (Å²) in [6.45, 7) is 1.94. The van der Waals surface area contributed by atoms with Gasteiger partial charge < -0.3 is 9.57 Å².